The number of hydrogen-bond acceptors (Lipinski definition) is 4. The van der Waals surface area contributed by atoms with Crippen molar-refractivity contribution in [3.8, 4) is 0 Å². The molecule has 1 aromatic rings. The maximum Gasteiger partial charge on any atom is 0.323 e. The summed E-state index contributed by atoms with van der Waals surface area (Å²) in [7, 11) is 0. The van der Waals surface area contributed by atoms with Gasteiger partial charge in [0.25, 0.3) is 5.91 Å². The van der Waals surface area contributed by atoms with E-state index >= 15 is 0 Å². The zero-order valence-electron chi connectivity index (χ0n) is 11.4. The number of amides is 2. The number of aliphatic carboxylic acids is 1. The van der Waals surface area contributed by atoms with Crippen LogP contribution >= 0.6 is 0 Å². The van der Waals surface area contributed by atoms with E-state index in [0.717, 1.165) is 6.42 Å². The Hall–Kier alpha value is -2.41. The summed E-state index contributed by atoms with van der Waals surface area (Å²) >= 11 is 0. The average Bonchev–Trinajstić information content (AvgIpc) is 2.37. The number of carbonyl (C=O) groups excluding carboxylic acids is 2. The van der Waals surface area contributed by atoms with Crippen LogP contribution < -0.4 is 16.4 Å². The molecule has 5 N–H and O–H groups in total. The van der Waals surface area contributed by atoms with E-state index in [1.807, 2.05) is 0 Å². The van der Waals surface area contributed by atoms with E-state index in [1.54, 1.807) is 18.2 Å². The van der Waals surface area contributed by atoms with Gasteiger partial charge in [-0.1, -0.05) is 12.1 Å². The third-order valence-corrected chi connectivity index (χ3v) is 3.67. The predicted octanol–water partition coefficient (Wildman–Crippen LogP) is 0.321. The molecule has 1 saturated carbocycles. The predicted molar refractivity (Wildman–Crippen MR) is 75.8 cm³/mol. The third-order valence-electron chi connectivity index (χ3n) is 3.67. The number of nitrogens with two attached hydrogens (primary N) is 1. The second-order valence-corrected chi connectivity index (χ2v) is 5.05. The summed E-state index contributed by atoms with van der Waals surface area (Å²) in [5, 5.41) is 14.5. The van der Waals surface area contributed by atoms with Crippen LogP contribution in [-0.4, -0.2) is 35.0 Å². The molecule has 7 heteroatoms. The van der Waals surface area contributed by atoms with Crippen LogP contribution in [0, 0.1) is 0 Å². The lowest BCUT2D eigenvalue weighted by molar-refractivity contribution is -0.148. The molecule has 0 radical (unpaired) electrons. The van der Waals surface area contributed by atoms with E-state index in [0.29, 0.717) is 18.5 Å². The van der Waals surface area contributed by atoms with Crippen molar-refractivity contribution < 1.29 is 19.5 Å². The number of para-hydroxylation sites is 1. The zero-order chi connectivity index (χ0) is 15.5. The van der Waals surface area contributed by atoms with E-state index in [9.17, 15) is 14.4 Å². The summed E-state index contributed by atoms with van der Waals surface area (Å²) in [6.07, 6.45) is 1.84. The number of primary amides is 1. The van der Waals surface area contributed by atoms with Crippen molar-refractivity contribution in [3.63, 3.8) is 0 Å². The Labute approximate surface area is 121 Å². The van der Waals surface area contributed by atoms with Crippen LogP contribution in [0.2, 0.25) is 0 Å². The lowest BCUT2D eigenvalue weighted by Gasteiger charge is -2.38. The van der Waals surface area contributed by atoms with Gasteiger partial charge < -0.3 is 16.2 Å². The molecule has 7 nitrogen and oxygen atoms in total. The van der Waals surface area contributed by atoms with Gasteiger partial charge in [-0.15, -0.1) is 0 Å². The second-order valence-electron chi connectivity index (χ2n) is 5.05. The lowest BCUT2D eigenvalue weighted by Crippen LogP contribution is -2.58. The molecule has 21 heavy (non-hydrogen) atoms. The van der Waals surface area contributed by atoms with E-state index in [1.165, 1.54) is 6.07 Å². The number of carbonyl (C=O) groups is 3. The first kappa shape index (κ1) is 15.0. The molecule has 0 saturated heterocycles. The Kier molecular flexibility index (Phi) is 4.23. The topological polar surface area (TPSA) is 122 Å². The number of anilines is 1. The van der Waals surface area contributed by atoms with Crippen molar-refractivity contribution in [1.29, 1.82) is 0 Å². The molecule has 1 fully saturated rings. The van der Waals surface area contributed by atoms with Crippen LogP contribution in [0.3, 0.4) is 0 Å². The van der Waals surface area contributed by atoms with Crippen molar-refractivity contribution in [2.24, 2.45) is 5.73 Å². The average molecular weight is 291 g/mol. The number of benzene rings is 1. The molecule has 1 aromatic carbocycles. The van der Waals surface area contributed by atoms with Gasteiger partial charge in [0.1, 0.15) is 5.54 Å². The van der Waals surface area contributed by atoms with Crippen molar-refractivity contribution >= 4 is 23.5 Å². The molecule has 112 valence electrons. The largest absolute Gasteiger partial charge is 0.480 e. The van der Waals surface area contributed by atoms with Gasteiger partial charge in [-0.3, -0.25) is 19.7 Å². The van der Waals surface area contributed by atoms with Crippen molar-refractivity contribution in [3.05, 3.63) is 29.8 Å². The van der Waals surface area contributed by atoms with Crippen LogP contribution in [-0.2, 0) is 9.59 Å². The van der Waals surface area contributed by atoms with Crippen molar-refractivity contribution in [1.82, 2.24) is 5.32 Å². The standard InChI is InChI=1S/C14H17N3O4/c15-12(19)9-4-1-2-5-10(9)17-11(18)8-16-14(13(20)21)6-3-7-14/h1-2,4-5,16H,3,6-8H2,(H2,15,19)(H,17,18)(H,20,21). The Morgan fingerprint density at radius 2 is 1.90 bits per heavy atom. The van der Waals surface area contributed by atoms with Gasteiger partial charge in [-0.05, 0) is 31.4 Å². The zero-order valence-corrected chi connectivity index (χ0v) is 11.4. The van der Waals surface area contributed by atoms with E-state index in [-0.39, 0.29) is 12.1 Å². The normalized spacial score (nSPS) is 15.8. The fourth-order valence-corrected chi connectivity index (χ4v) is 2.25. The SMILES string of the molecule is NC(=O)c1ccccc1NC(=O)CNC1(C(=O)O)CCC1. The summed E-state index contributed by atoms with van der Waals surface area (Å²) in [5.74, 6) is -2.00. The minimum Gasteiger partial charge on any atom is -0.480 e. The van der Waals surface area contributed by atoms with E-state index < -0.39 is 23.3 Å². The molecule has 1 aliphatic rings. The first-order valence-electron chi connectivity index (χ1n) is 6.62. The molecule has 0 aliphatic heterocycles. The second kappa shape index (κ2) is 5.92. The first-order valence-corrected chi connectivity index (χ1v) is 6.62. The quantitative estimate of drug-likeness (QED) is 0.601. The van der Waals surface area contributed by atoms with Crippen LogP contribution in [0.15, 0.2) is 24.3 Å². The molecule has 0 bridgehead atoms. The number of nitrogens with one attached hydrogen (secondary N) is 2. The van der Waals surface area contributed by atoms with Gasteiger partial charge in [0, 0.05) is 0 Å². The van der Waals surface area contributed by atoms with Crippen molar-refractivity contribution in [2.75, 3.05) is 11.9 Å². The Morgan fingerprint density at radius 3 is 2.43 bits per heavy atom. The molecule has 0 aromatic heterocycles. The summed E-state index contributed by atoms with van der Waals surface area (Å²) in [6, 6.07) is 6.38. The smallest absolute Gasteiger partial charge is 0.323 e. The van der Waals surface area contributed by atoms with Crippen LogP contribution in [0.25, 0.3) is 0 Å². The highest BCUT2D eigenvalue weighted by Gasteiger charge is 2.44. The molecule has 2 rings (SSSR count). The summed E-state index contributed by atoms with van der Waals surface area (Å²) in [5.41, 5.74) is 4.75. The summed E-state index contributed by atoms with van der Waals surface area (Å²) in [4.78, 5) is 34.3. The highest BCUT2D eigenvalue weighted by Crippen LogP contribution is 2.31. The lowest BCUT2D eigenvalue weighted by atomic mass is 9.77. The molecule has 0 unspecified atom stereocenters. The van der Waals surface area contributed by atoms with Gasteiger partial charge in [-0.25, -0.2) is 0 Å². The fraction of sp³-hybridized carbons (Fsp3) is 0.357. The molecule has 1 aliphatic carbocycles. The molecule has 0 spiro atoms. The highest BCUT2D eigenvalue weighted by atomic mass is 16.4. The molecular formula is C14H17N3O4. The van der Waals surface area contributed by atoms with E-state index in [4.69, 9.17) is 10.8 Å². The fourth-order valence-electron chi connectivity index (χ4n) is 2.25. The number of rotatable bonds is 6. The van der Waals surface area contributed by atoms with Crippen molar-refractivity contribution in [2.45, 2.75) is 24.8 Å². The maximum absolute atomic E-state index is 11.9. The Morgan fingerprint density at radius 1 is 1.24 bits per heavy atom. The molecule has 0 atom stereocenters. The summed E-state index contributed by atoms with van der Waals surface area (Å²) in [6.45, 7) is -0.139. The number of carboxylic acids is 1. The van der Waals surface area contributed by atoms with Crippen LogP contribution in [0.5, 0.6) is 0 Å². The highest BCUT2D eigenvalue weighted by molar-refractivity contribution is 6.03. The van der Waals surface area contributed by atoms with E-state index in [2.05, 4.69) is 10.6 Å². The summed E-state index contributed by atoms with van der Waals surface area (Å²) < 4.78 is 0. The molecular weight excluding hydrogens is 274 g/mol. The van der Waals surface area contributed by atoms with Gasteiger partial charge in [0.05, 0.1) is 17.8 Å². The number of hydrogen-bond donors (Lipinski definition) is 4. The van der Waals surface area contributed by atoms with Gasteiger partial charge >= 0.3 is 5.97 Å². The van der Waals surface area contributed by atoms with Crippen LogP contribution in [0.1, 0.15) is 29.6 Å². The maximum atomic E-state index is 11.9. The minimum atomic E-state index is -0.999. The van der Waals surface area contributed by atoms with Gasteiger partial charge in [-0.2, -0.15) is 0 Å². The first-order chi connectivity index (χ1) is 9.94. The Bertz CT molecular complexity index is 581. The minimum absolute atomic E-state index is 0.139. The molecule has 0 heterocycles. The molecule has 2 amide bonds. The Balaban J connectivity index is 1.97. The monoisotopic (exact) mass is 291 g/mol. The van der Waals surface area contributed by atoms with Gasteiger partial charge in [0.2, 0.25) is 5.91 Å². The van der Waals surface area contributed by atoms with Gasteiger partial charge in [0.15, 0.2) is 0 Å². The third kappa shape index (κ3) is 3.19. The number of carboxylic acid groups (broad SMARTS) is 1. The van der Waals surface area contributed by atoms with Crippen LogP contribution in [0.4, 0.5) is 5.69 Å².